The Morgan fingerprint density at radius 1 is 1.00 bits per heavy atom. The number of nitrogens with one attached hydrogen (secondary N) is 3. The zero-order valence-corrected chi connectivity index (χ0v) is 22.0. The van der Waals surface area contributed by atoms with Crippen molar-refractivity contribution in [3.63, 3.8) is 0 Å². The van der Waals surface area contributed by atoms with Crippen molar-refractivity contribution in [2.45, 2.75) is 23.5 Å². The number of thiocarbonyl (C=S) groups is 1. The summed E-state index contributed by atoms with van der Waals surface area (Å²) in [6.07, 6.45) is 0.678. The summed E-state index contributed by atoms with van der Waals surface area (Å²) >= 11 is 14.3. The molecule has 0 spiro atoms. The van der Waals surface area contributed by atoms with E-state index in [2.05, 4.69) is 20.9 Å². The van der Waals surface area contributed by atoms with E-state index in [0.29, 0.717) is 21.7 Å². The van der Waals surface area contributed by atoms with Gasteiger partial charge in [0.15, 0.2) is 10.2 Å². The molecule has 178 valence electrons. The van der Waals surface area contributed by atoms with Gasteiger partial charge < -0.3 is 16.0 Å². The molecule has 4 rings (SSSR count). The minimum Gasteiger partial charge on any atom is -0.332 e. The van der Waals surface area contributed by atoms with Crippen molar-refractivity contribution in [3.05, 3.63) is 89.3 Å². The molecule has 0 aliphatic heterocycles. The SMILES string of the molecule is CCC(Sc1cccc(NC(=S)Nc2ccccc2)c1)C(=O)Nc1nc(-c2ccc(Cl)cc2)cs1. The zero-order chi connectivity index (χ0) is 24.6. The summed E-state index contributed by atoms with van der Waals surface area (Å²) in [5, 5.41) is 12.7. The number of para-hydroxylation sites is 1. The monoisotopic (exact) mass is 538 g/mol. The summed E-state index contributed by atoms with van der Waals surface area (Å²) in [7, 11) is 0. The van der Waals surface area contributed by atoms with Crippen LogP contribution in [0, 0.1) is 0 Å². The second-order valence-corrected chi connectivity index (χ2v) is 10.5. The van der Waals surface area contributed by atoms with Crippen molar-refractivity contribution in [1.82, 2.24) is 4.98 Å². The number of hydrogen-bond acceptors (Lipinski definition) is 5. The number of thiazole rings is 1. The molecule has 9 heteroatoms. The van der Waals surface area contributed by atoms with Gasteiger partial charge in [-0.1, -0.05) is 54.9 Å². The van der Waals surface area contributed by atoms with Crippen molar-refractivity contribution in [3.8, 4) is 11.3 Å². The van der Waals surface area contributed by atoms with E-state index in [-0.39, 0.29) is 11.2 Å². The molecule has 0 fully saturated rings. The number of anilines is 3. The largest absolute Gasteiger partial charge is 0.332 e. The topological polar surface area (TPSA) is 66.0 Å². The van der Waals surface area contributed by atoms with Gasteiger partial charge in [0.25, 0.3) is 0 Å². The highest BCUT2D eigenvalue weighted by atomic mass is 35.5. The van der Waals surface area contributed by atoms with Gasteiger partial charge in [-0.25, -0.2) is 4.98 Å². The molecule has 1 aromatic heterocycles. The van der Waals surface area contributed by atoms with Crippen LogP contribution in [0.5, 0.6) is 0 Å². The van der Waals surface area contributed by atoms with Gasteiger partial charge in [-0.15, -0.1) is 23.1 Å². The van der Waals surface area contributed by atoms with Crippen LogP contribution in [-0.2, 0) is 4.79 Å². The fourth-order valence-corrected chi connectivity index (χ4v) is 5.32. The van der Waals surface area contributed by atoms with Gasteiger partial charge in [-0.05, 0) is 61.1 Å². The average molecular weight is 539 g/mol. The molecule has 4 aromatic rings. The molecule has 0 aliphatic carbocycles. The first kappa shape index (κ1) is 25.2. The van der Waals surface area contributed by atoms with Gasteiger partial charge in [0.1, 0.15) is 0 Å². The molecule has 35 heavy (non-hydrogen) atoms. The maximum atomic E-state index is 13.0. The quantitative estimate of drug-likeness (QED) is 0.157. The minimum absolute atomic E-state index is 0.0749. The van der Waals surface area contributed by atoms with Crippen LogP contribution < -0.4 is 16.0 Å². The van der Waals surface area contributed by atoms with Crippen LogP contribution in [0.1, 0.15) is 13.3 Å². The number of rotatable bonds is 8. The van der Waals surface area contributed by atoms with Crippen molar-refractivity contribution >= 4 is 74.4 Å². The van der Waals surface area contributed by atoms with E-state index in [1.165, 1.54) is 23.1 Å². The lowest BCUT2D eigenvalue weighted by Crippen LogP contribution is -2.24. The fourth-order valence-electron chi connectivity index (χ4n) is 3.22. The maximum Gasteiger partial charge on any atom is 0.239 e. The summed E-state index contributed by atoms with van der Waals surface area (Å²) in [5.74, 6) is -0.0749. The number of carbonyl (C=O) groups excluding carboxylic acids is 1. The number of aromatic nitrogens is 1. The van der Waals surface area contributed by atoms with Crippen LogP contribution in [0.15, 0.2) is 89.1 Å². The average Bonchev–Trinajstić information content (AvgIpc) is 3.32. The highest BCUT2D eigenvalue weighted by molar-refractivity contribution is 8.00. The third kappa shape index (κ3) is 7.29. The third-order valence-electron chi connectivity index (χ3n) is 4.94. The van der Waals surface area contributed by atoms with Crippen LogP contribution in [0.2, 0.25) is 5.02 Å². The molecule has 1 amide bonds. The summed E-state index contributed by atoms with van der Waals surface area (Å²) in [5.41, 5.74) is 3.53. The van der Waals surface area contributed by atoms with Gasteiger partial charge >= 0.3 is 0 Å². The summed E-state index contributed by atoms with van der Waals surface area (Å²) in [6, 6.07) is 25.1. The van der Waals surface area contributed by atoms with E-state index in [1.54, 1.807) is 0 Å². The number of nitrogens with zero attached hydrogens (tertiary/aromatic N) is 1. The molecule has 5 nitrogen and oxygen atoms in total. The summed E-state index contributed by atoms with van der Waals surface area (Å²) in [6.45, 7) is 2.00. The highest BCUT2D eigenvalue weighted by Crippen LogP contribution is 2.30. The Morgan fingerprint density at radius 2 is 1.71 bits per heavy atom. The first-order chi connectivity index (χ1) is 17.0. The van der Waals surface area contributed by atoms with Gasteiger partial charge in [0, 0.05) is 32.2 Å². The number of benzene rings is 3. The van der Waals surface area contributed by atoms with E-state index >= 15 is 0 Å². The Bertz CT molecular complexity index is 1300. The van der Waals surface area contributed by atoms with E-state index < -0.39 is 0 Å². The van der Waals surface area contributed by atoms with Gasteiger partial charge in [0.05, 0.1) is 10.9 Å². The summed E-state index contributed by atoms with van der Waals surface area (Å²) < 4.78 is 0. The number of halogens is 1. The molecular formula is C26H23ClN4OS3. The van der Waals surface area contributed by atoms with Crippen LogP contribution in [0.25, 0.3) is 11.3 Å². The number of thioether (sulfide) groups is 1. The molecular weight excluding hydrogens is 516 g/mol. The Kier molecular flexibility index (Phi) is 8.76. The van der Waals surface area contributed by atoms with Gasteiger partial charge in [-0.2, -0.15) is 0 Å². The Hall–Kier alpha value is -2.91. The first-order valence-corrected chi connectivity index (χ1v) is 13.5. The first-order valence-electron chi connectivity index (χ1n) is 10.9. The van der Waals surface area contributed by atoms with Crippen molar-refractivity contribution < 1.29 is 4.79 Å². The molecule has 0 saturated carbocycles. The van der Waals surface area contributed by atoms with Crippen LogP contribution in [0.4, 0.5) is 16.5 Å². The lowest BCUT2D eigenvalue weighted by atomic mass is 10.2. The zero-order valence-electron chi connectivity index (χ0n) is 18.8. The molecule has 3 aromatic carbocycles. The Morgan fingerprint density at radius 3 is 2.46 bits per heavy atom. The molecule has 0 radical (unpaired) electrons. The highest BCUT2D eigenvalue weighted by Gasteiger charge is 2.20. The van der Waals surface area contributed by atoms with Gasteiger partial charge in [-0.3, -0.25) is 4.79 Å². The van der Waals surface area contributed by atoms with Crippen LogP contribution in [-0.4, -0.2) is 21.3 Å². The Balaban J connectivity index is 1.36. The molecule has 1 unspecified atom stereocenters. The van der Waals surface area contributed by atoms with E-state index in [0.717, 1.165) is 27.5 Å². The Labute approximate surface area is 223 Å². The third-order valence-corrected chi connectivity index (χ3v) is 7.51. The van der Waals surface area contributed by atoms with Crippen molar-refractivity contribution in [1.29, 1.82) is 0 Å². The lowest BCUT2D eigenvalue weighted by molar-refractivity contribution is -0.115. The second-order valence-electron chi connectivity index (χ2n) is 7.52. The van der Waals surface area contributed by atoms with E-state index in [1.807, 2.05) is 91.2 Å². The van der Waals surface area contributed by atoms with E-state index in [9.17, 15) is 4.79 Å². The second kappa shape index (κ2) is 12.2. The molecule has 0 bridgehead atoms. The minimum atomic E-state index is -0.262. The molecule has 1 atom stereocenters. The predicted molar refractivity (Wildman–Crippen MR) is 154 cm³/mol. The predicted octanol–water partition coefficient (Wildman–Crippen LogP) is 7.78. The van der Waals surface area contributed by atoms with Crippen LogP contribution in [0.3, 0.4) is 0 Å². The fraction of sp³-hybridized carbons (Fsp3) is 0.115. The molecule has 0 saturated heterocycles. The van der Waals surface area contributed by atoms with Crippen molar-refractivity contribution in [2.75, 3.05) is 16.0 Å². The summed E-state index contributed by atoms with van der Waals surface area (Å²) in [4.78, 5) is 18.5. The number of amides is 1. The molecule has 3 N–H and O–H groups in total. The van der Waals surface area contributed by atoms with Gasteiger partial charge in [0.2, 0.25) is 5.91 Å². The number of carbonyl (C=O) groups is 1. The number of hydrogen-bond donors (Lipinski definition) is 3. The molecule has 0 aliphatic rings. The smallest absolute Gasteiger partial charge is 0.239 e. The molecule has 1 heterocycles. The lowest BCUT2D eigenvalue weighted by Gasteiger charge is -2.15. The van der Waals surface area contributed by atoms with E-state index in [4.69, 9.17) is 23.8 Å². The normalized spacial score (nSPS) is 11.5. The maximum absolute atomic E-state index is 13.0. The standard InChI is InChI=1S/C26H23ClN4OS3/c1-2-23(24(32)31-26-30-22(16-34-26)17-11-13-18(27)14-12-17)35-21-10-6-9-20(15-21)29-25(33)28-19-7-4-3-5-8-19/h3-16,23H,2H2,1H3,(H2,28,29,33)(H,30,31,32). The van der Waals surface area contributed by atoms with Crippen LogP contribution >= 0.6 is 46.9 Å². The van der Waals surface area contributed by atoms with Crippen molar-refractivity contribution in [2.24, 2.45) is 0 Å².